The van der Waals surface area contributed by atoms with E-state index in [4.69, 9.17) is 17.3 Å². The highest BCUT2D eigenvalue weighted by Gasteiger charge is 2.23. The minimum atomic E-state index is -0.242. The van der Waals surface area contributed by atoms with Crippen LogP contribution < -0.4 is 11.1 Å². The Bertz CT molecular complexity index is 294. The fourth-order valence-electron chi connectivity index (χ4n) is 0.779. The molecule has 78 valence electrons. The van der Waals surface area contributed by atoms with Crippen LogP contribution in [-0.2, 0) is 0 Å². The average molecular weight is 215 g/mol. The molecule has 1 unspecified atom stereocenters. The Morgan fingerprint density at radius 1 is 1.43 bits per heavy atom. The lowest BCUT2D eigenvalue weighted by Gasteiger charge is -2.30. The smallest absolute Gasteiger partial charge is 0.223 e. The summed E-state index contributed by atoms with van der Waals surface area (Å²) in [5, 5.41) is 3.66. The van der Waals surface area contributed by atoms with E-state index in [0.29, 0.717) is 11.0 Å². The molecule has 5 heteroatoms. The van der Waals surface area contributed by atoms with E-state index in [1.807, 2.05) is 20.8 Å². The average Bonchev–Trinajstić information content (AvgIpc) is 2.08. The van der Waals surface area contributed by atoms with Gasteiger partial charge in [-0.3, -0.25) is 0 Å². The van der Waals surface area contributed by atoms with Crippen LogP contribution in [0.1, 0.15) is 20.8 Å². The fourth-order valence-corrected chi connectivity index (χ4v) is 0.876. The molecule has 1 aromatic rings. The number of hydrogen-bond donors (Lipinski definition) is 2. The van der Waals surface area contributed by atoms with Crippen molar-refractivity contribution >= 4 is 17.5 Å². The maximum atomic E-state index is 5.80. The van der Waals surface area contributed by atoms with Crippen LogP contribution in [0.4, 0.5) is 5.95 Å². The molecule has 0 amide bonds. The van der Waals surface area contributed by atoms with Crippen molar-refractivity contribution in [3.8, 4) is 0 Å². The van der Waals surface area contributed by atoms with Crippen molar-refractivity contribution in [2.45, 2.75) is 32.4 Å². The molecule has 1 aromatic heterocycles. The van der Waals surface area contributed by atoms with Gasteiger partial charge in [0.1, 0.15) is 0 Å². The zero-order chi connectivity index (χ0) is 10.8. The van der Waals surface area contributed by atoms with E-state index in [9.17, 15) is 0 Å². The summed E-state index contributed by atoms with van der Waals surface area (Å²) < 4.78 is 0. The van der Waals surface area contributed by atoms with Gasteiger partial charge < -0.3 is 11.1 Å². The van der Waals surface area contributed by atoms with Crippen molar-refractivity contribution < 1.29 is 0 Å². The van der Waals surface area contributed by atoms with E-state index < -0.39 is 0 Å². The van der Waals surface area contributed by atoms with Crippen LogP contribution in [-0.4, -0.2) is 21.5 Å². The van der Waals surface area contributed by atoms with Crippen molar-refractivity contribution in [2.75, 3.05) is 5.32 Å². The van der Waals surface area contributed by atoms with Gasteiger partial charge in [0, 0.05) is 11.6 Å². The largest absolute Gasteiger partial charge is 0.348 e. The van der Waals surface area contributed by atoms with Gasteiger partial charge in [-0.25, -0.2) is 9.97 Å². The molecule has 0 bridgehead atoms. The number of nitrogens with one attached hydrogen (secondary N) is 1. The standard InChI is InChI=1S/C9H15ClN4/c1-6(11)9(2,3)14-8-12-4-7(10)5-13-8/h4-6H,11H2,1-3H3,(H,12,13,14). The van der Waals surface area contributed by atoms with E-state index in [1.165, 1.54) is 0 Å². The third-order valence-electron chi connectivity index (χ3n) is 2.19. The van der Waals surface area contributed by atoms with Gasteiger partial charge in [0.25, 0.3) is 0 Å². The summed E-state index contributed by atoms with van der Waals surface area (Å²) in [7, 11) is 0. The molecule has 0 fully saturated rings. The van der Waals surface area contributed by atoms with Gasteiger partial charge in [0.2, 0.25) is 5.95 Å². The molecule has 4 nitrogen and oxygen atoms in total. The maximum absolute atomic E-state index is 5.80. The second kappa shape index (κ2) is 4.11. The third kappa shape index (κ3) is 2.82. The van der Waals surface area contributed by atoms with Crippen LogP contribution >= 0.6 is 11.6 Å². The van der Waals surface area contributed by atoms with E-state index in [2.05, 4.69) is 15.3 Å². The Labute approximate surface area is 88.9 Å². The minimum Gasteiger partial charge on any atom is -0.348 e. The summed E-state index contributed by atoms with van der Waals surface area (Å²) in [6, 6.07) is 0.00165. The highest BCUT2D eigenvalue weighted by Crippen LogP contribution is 2.14. The van der Waals surface area contributed by atoms with Crippen LogP contribution in [0.15, 0.2) is 12.4 Å². The molecule has 0 aliphatic heterocycles. The van der Waals surface area contributed by atoms with Gasteiger partial charge in [-0.1, -0.05) is 11.6 Å². The molecule has 0 saturated heterocycles. The van der Waals surface area contributed by atoms with E-state index in [0.717, 1.165) is 0 Å². The van der Waals surface area contributed by atoms with Crippen molar-refractivity contribution in [1.82, 2.24) is 9.97 Å². The monoisotopic (exact) mass is 214 g/mol. The first kappa shape index (κ1) is 11.2. The number of anilines is 1. The molecule has 1 rings (SSSR count). The predicted octanol–water partition coefficient (Wildman–Crippen LogP) is 1.67. The zero-order valence-corrected chi connectivity index (χ0v) is 9.34. The molecule has 3 N–H and O–H groups in total. The Hall–Kier alpha value is -0.870. The molecule has 0 aliphatic carbocycles. The maximum Gasteiger partial charge on any atom is 0.223 e. The van der Waals surface area contributed by atoms with Crippen LogP contribution in [0.25, 0.3) is 0 Å². The summed E-state index contributed by atoms with van der Waals surface area (Å²) in [5.74, 6) is 0.539. The van der Waals surface area contributed by atoms with E-state index >= 15 is 0 Å². The fraction of sp³-hybridized carbons (Fsp3) is 0.556. The minimum absolute atomic E-state index is 0.00165. The van der Waals surface area contributed by atoms with Crippen molar-refractivity contribution in [2.24, 2.45) is 5.73 Å². The first-order chi connectivity index (χ1) is 6.42. The Morgan fingerprint density at radius 3 is 2.36 bits per heavy atom. The first-order valence-corrected chi connectivity index (χ1v) is 4.81. The van der Waals surface area contributed by atoms with Crippen molar-refractivity contribution in [3.63, 3.8) is 0 Å². The number of nitrogens with two attached hydrogens (primary N) is 1. The van der Waals surface area contributed by atoms with Crippen molar-refractivity contribution in [1.29, 1.82) is 0 Å². The quantitative estimate of drug-likeness (QED) is 0.804. The molecular formula is C9H15ClN4. The molecule has 0 radical (unpaired) electrons. The van der Waals surface area contributed by atoms with Crippen LogP contribution in [0.2, 0.25) is 5.02 Å². The van der Waals surface area contributed by atoms with Gasteiger partial charge in [0.05, 0.1) is 17.4 Å². The zero-order valence-electron chi connectivity index (χ0n) is 8.58. The van der Waals surface area contributed by atoms with Crippen molar-refractivity contribution in [3.05, 3.63) is 17.4 Å². The SMILES string of the molecule is CC(N)C(C)(C)Nc1ncc(Cl)cn1. The van der Waals surface area contributed by atoms with Gasteiger partial charge in [0.15, 0.2) is 0 Å². The summed E-state index contributed by atoms with van der Waals surface area (Å²) in [6.45, 7) is 5.92. The molecule has 0 spiro atoms. The lowest BCUT2D eigenvalue weighted by atomic mass is 9.97. The topological polar surface area (TPSA) is 63.8 Å². The van der Waals surface area contributed by atoms with Gasteiger partial charge in [-0.05, 0) is 20.8 Å². The third-order valence-corrected chi connectivity index (χ3v) is 2.39. The Morgan fingerprint density at radius 2 is 1.93 bits per heavy atom. The second-order valence-electron chi connectivity index (χ2n) is 3.86. The first-order valence-electron chi connectivity index (χ1n) is 4.43. The van der Waals surface area contributed by atoms with Crippen LogP contribution in [0, 0.1) is 0 Å². The molecular weight excluding hydrogens is 200 g/mol. The van der Waals surface area contributed by atoms with E-state index in [1.54, 1.807) is 12.4 Å². The highest BCUT2D eigenvalue weighted by atomic mass is 35.5. The summed E-state index contributed by atoms with van der Waals surface area (Å²) in [6.07, 6.45) is 3.10. The molecule has 1 heterocycles. The lowest BCUT2D eigenvalue weighted by molar-refractivity contribution is 0.467. The van der Waals surface area contributed by atoms with Crippen LogP contribution in [0.5, 0.6) is 0 Å². The molecule has 0 aliphatic rings. The Kier molecular flexibility index (Phi) is 3.29. The number of hydrogen-bond acceptors (Lipinski definition) is 4. The molecule has 0 saturated carbocycles. The number of aromatic nitrogens is 2. The normalized spacial score (nSPS) is 13.8. The van der Waals surface area contributed by atoms with Gasteiger partial charge >= 0.3 is 0 Å². The lowest BCUT2D eigenvalue weighted by Crippen LogP contribution is -2.47. The molecule has 0 aromatic carbocycles. The second-order valence-corrected chi connectivity index (χ2v) is 4.30. The highest BCUT2D eigenvalue weighted by molar-refractivity contribution is 6.30. The number of rotatable bonds is 3. The molecule has 14 heavy (non-hydrogen) atoms. The Balaban J connectivity index is 2.74. The number of halogens is 1. The summed E-state index contributed by atoms with van der Waals surface area (Å²) >= 11 is 5.67. The summed E-state index contributed by atoms with van der Waals surface area (Å²) in [4.78, 5) is 8.07. The van der Waals surface area contributed by atoms with Crippen LogP contribution in [0.3, 0.4) is 0 Å². The summed E-state index contributed by atoms with van der Waals surface area (Å²) in [5.41, 5.74) is 5.56. The van der Waals surface area contributed by atoms with E-state index in [-0.39, 0.29) is 11.6 Å². The van der Waals surface area contributed by atoms with Gasteiger partial charge in [-0.2, -0.15) is 0 Å². The van der Waals surface area contributed by atoms with Gasteiger partial charge in [-0.15, -0.1) is 0 Å². The predicted molar refractivity (Wildman–Crippen MR) is 58.4 cm³/mol. The molecule has 1 atom stereocenters. The number of nitrogens with zero attached hydrogens (tertiary/aromatic N) is 2.